The zero-order valence-corrected chi connectivity index (χ0v) is 8.39. The lowest BCUT2D eigenvalue weighted by atomic mass is 9.97. The van der Waals surface area contributed by atoms with Crippen LogP contribution in [0.1, 0.15) is 26.7 Å². The summed E-state index contributed by atoms with van der Waals surface area (Å²) in [5.74, 6) is -3.59. The Bertz CT molecular complexity index is 231. The third-order valence-electron chi connectivity index (χ3n) is 2.81. The van der Waals surface area contributed by atoms with Crippen LogP contribution in [0, 0.1) is 0 Å². The van der Waals surface area contributed by atoms with E-state index in [1.165, 1.54) is 0 Å². The van der Waals surface area contributed by atoms with Crippen LogP contribution in [0.15, 0.2) is 0 Å². The Morgan fingerprint density at radius 3 is 2.14 bits per heavy atom. The van der Waals surface area contributed by atoms with Crippen LogP contribution in [-0.2, 0) is 4.79 Å². The lowest BCUT2D eigenvalue weighted by Crippen LogP contribution is -2.54. The van der Waals surface area contributed by atoms with Crippen molar-refractivity contribution in [3.8, 4) is 0 Å². The summed E-state index contributed by atoms with van der Waals surface area (Å²) in [6, 6.07) is 0. The summed E-state index contributed by atoms with van der Waals surface area (Å²) >= 11 is 0. The van der Waals surface area contributed by atoms with Crippen molar-refractivity contribution in [3.63, 3.8) is 0 Å². The minimum absolute atomic E-state index is 0.145. The highest BCUT2D eigenvalue weighted by atomic mass is 19.3. The van der Waals surface area contributed by atoms with Crippen molar-refractivity contribution in [1.82, 2.24) is 4.90 Å². The van der Waals surface area contributed by atoms with Gasteiger partial charge in [-0.3, -0.25) is 9.69 Å². The van der Waals surface area contributed by atoms with E-state index in [1.54, 1.807) is 18.7 Å². The van der Waals surface area contributed by atoms with Crippen molar-refractivity contribution in [2.75, 3.05) is 13.1 Å². The zero-order valence-electron chi connectivity index (χ0n) is 8.39. The molecule has 0 aliphatic carbocycles. The van der Waals surface area contributed by atoms with Crippen LogP contribution in [0.5, 0.6) is 0 Å². The molecule has 1 fully saturated rings. The predicted molar refractivity (Wildman–Crippen MR) is 47.5 cm³/mol. The number of rotatable bonds is 2. The van der Waals surface area contributed by atoms with Gasteiger partial charge in [0.1, 0.15) is 5.54 Å². The van der Waals surface area contributed by atoms with Crippen LogP contribution < -0.4 is 0 Å². The lowest BCUT2D eigenvalue weighted by molar-refractivity contribution is -0.153. The number of carboxylic acid groups (broad SMARTS) is 1. The standard InChI is InChI=1S/C9H15F2NO2/c1-8(2,7(13)14)12-5-3-9(10,11)4-6-12/h3-6H2,1-2H3,(H,13,14). The molecular formula is C9H15F2NO2. The fraction of sp³-hybridized carbons (Fsp3) is 0.889. The van der Waals surface area contributed by atoms with Crippen LogP contribution in [0.4, 0.5) is 8.78 Å². The molecule has 0 aromatic heterocycles. The maximum absolute atomic E-state index is 12.8. The summed E-state index contributed by atoms with van der Waals surface area (Å²) in [4.78, 5) is 12.4. The fourth-order valence-electron chi connectivity index (χ4n) is 1.53. The molecule has 0 radical (unpaired) electrons. The van der Waals surface area contributed by atoms with Crippen molar-refractivity contribution in [3.05, 3.63) is 0 Å². The molecule has 0 aromatic rings. The minimum Gasteiger partial charge on any atom is -0.480 e. The van der Waals surface area contributed by atoms with E-state index < -0.39 is 17.4 Å². The Balaban J connectivity index is 2.62. The van der Waals surface area contributed by atoms with Gasteiger partial charge in [-0.25, -0.2) is 8.78 Å². The van der Waals surface area contributed by atoms with Gasteiger partial charge in [-0.05, 0) is 13.8 Å². The molecule has 1 heterocycles. The predicted octanol–water partition coefficient (Wildman–Crippen LogP) is 1.58. The van der Waals surface area contributed by atoms with Crippen LogP contribution in [-0.4, -0.2) is 40.5 Å². The monoisotopic (exact) mass is 207 g/mol. The van der Waals surface area contributed by atoms with E-state index >= 15 is 0 Å². The van der Waals surface area contributed by atoms with Gasteiger partial charge in [-0.2, -0.15) is 0 Å². The largest absolute Gasteiger partial charge is 0.480 e. The summed E-state index contributed by atoms with van der Waals surface area (Å²) in [5.41, 5.74) is -1.05. The van der Waals surface area contributed by atoms with E-state index in [4.69, 9.17) is 5.11 Å². The molecule has 1 aliphatic heterocycles. The van der Waals surface area contributed by atoms with Crippen molar-refractivity contribution in [2.45, 2.75) is 38.2 Å². The van der Waals surface area contributed by atoms with Crippen LogP contribution in [0.3, 0.4) is 0 Å². The van der Waals surface area contributed by atoms with E-state index in [2.05, 4.69) is 0 Å². The van der Waals surface area contributed by atoms with E-state index in [1.807, 2.05) is 0 Å². The second kappa shape index (κ2) is 3.46. The van der Waals surface area contributed by atoms with Crippen molar-refractivity contribution in [2.24, 2.45) is 0 Å². The Hall–Kier alpha value is -0.710. The molecule has 0 spiro atoms. The number of aliphatic carboxylic acids is 1. The first-order valence-electron chi connectivity index (χ1n) is 4.62. The molecule has 1 rings (SSSR count). The summed E-state index contributed by atoms with van der Waals surface area (Å²) < 4.78 is 25.6. The van der Waals surface area contributed by atoms with Crippen LogP contribution >= 0.6 is 0 Å². The van der Waals surface area contributed by atoms with E-state index in [0.717, 1.165) is 0 Å². The molecule has 1 N–H and O–H groups in total. The molecule has 3 nitrogen and oxygen atoms in total. The highest BCUT2D eigenvalue weighted by Crippen LogP contribution is 2.31. The average molecular weight is 207 g/mol. The molecular weight excluding hydrogens is 192 g/mol. The van der Waals surface area contributed by atoms with Gasteiger partial charge in [0.05, 0.1) is 0 Å². The number of hydrogen-bond acceptors (Lipinski definition) is 2. The number of hydrogen-bond donors (Lipinski definition) is 1. The van der Waals surface area contributed by atoms with Gasteiger partial charge in [-0.15, -0.1) is 0 Å². The highest BCUT2D eigenvalue weighted by molar-refractivity contribution is 5.77. The van der Waals surface area contributed by atoms with Gasteiger partial charge in [0, 0.05) is 25.9 Å². The van der Waals surface area contributed by atoms with E-state index in [-0.39, 0.29) is 25.9 Å². The molecule has 0 unspecified atom stereocenters. The summed E-state index contributed by atoms with van der Waals surface area (Å²) in [5, 5.41) is 8.89. The first-order chi connectivity index (χ1) is 6.26. The first kappa shape index (κ1) is 11.4. The number of halogens is 2. The second-order valence-corrected chi connectivity index (χ2v) is 4.21. The number of nitrogens with zero attached hydrogens (tertiary/aromatic N) is 1. The molecule has 1 aliphatic rings. The molecule has 0 amide bonds. The quantitative estimate of drug-likeness (QED) is 0.747. The first-order valence-corrected chi connectivity index (χ1v) is 4.62. The smallest absolute Gasteiger partial charge is 0.323 e. The minimum atomic E-state index is -2.62. The number of carboxylic acids is 1. The average Bonchev–Trinajstić information content (AvgIpc) is 2.03. The normalized spacial score (nSPS) is 23.4. The number of carbonyl (C=O) groups is 1. The Kier molecular flexibility index (Phi) is 2.81. The van der Waals surface area contributed by atoms with Crippen molar-refractivity contribution >= 4 is 5.97 Å². The van der Waals surface area contributed by atoms with Crippen LogP contribution in [0.25, 0.3) is 0 Å². The van der Waals surface area contributed by atoms with E-state index in [9.17, 15) is 13.6 Å². The van der Waals surface area contributed by atoms with Crippen molar-refractivity contribution in [1.29, 1.82) is 0 Å². The number of piperidine rings is 1. The molecule has 0 saturated carbocycles. The molecule has 14 heavy (non-hydrogen) atoms. The number of alkyl halides is 2. The summed E-state index contributed by atoms with van der Waals surface area (Å²) in [6.45, 7) is 3.37. The molecule has 1 saturated heterocycles. The maximum Gasteiger partial charge on any atom is 0.323 e. The number of likely N-dealkylation sites (tertiary alicyclic amines) is 1. The topological polar surface area (TPSA) is 40.5 Å². The van der Waals surface area contributed by atoms with Crippen LogP contribution in [0.2, 0.25) is 0 Å². The third-order valence-corrected chi connectivity index (χ3v) is 2.81. The maximum atomic E-state index is 12.8. The molecule has 0 atom stereocenters. The van der Waals surface area contributed by atoms with E-state index in [0.29, 0.717) is 0 Å². The van der Waals surface area contributed by atoms with Gasteiger partial charge >= 0.3 is 5.97 Å². The van der Waals surface area contributed by atoms with Gasteiger partial charge in [0.2, 0.25) is 0 Å². The molecule has 0 aromatic carbocycles. The summed E-state index contributed by atoms with van der Waals surface area (Å²) in [6.07, 6.45) is -0.493. The van der Waals surface area contributed by atoms with Gasteiger partial charge < -0.3 is 5.11 Å². The fourth-order valence-corrected chi connectivity index (χ4v) is 1.53. The summed E-state index contributed by atoms with van der Waals surface area (Å²) in [7, 11) is 0. The molecule has 82 valence electrons. The van der Waals surface area contributed by atoms with Gasteiger partial charge in [-0.1, -0.05) is 0 Å². The highest BCUT2D eigenvalue weighted by Gasteiger charge is 2.42. The molecule has 0 bridgehead atoms. The Labute approximate surface area is 81.7 Å². The Morgan fingerprint density at radius 1 is 1.36 bits per heavy atom. The van der Waals surface area contributed by atoms with Gasteiger partial charge in [0.15, 0.2) is 0 Å². The third kappa shape index (κ3) is 2.20. The zero-order chi connectivity index (χ0) is 11.0. The Morgan fingerprint density at radius 2 is 1.79 bits per heavy atom. The van der Waals surface area contributed by atoms with Crippen molar-refractivity contribution < 1.29 is 18.7 Å². The SMILES string of the molecule is CC(C)(C(=O)O)N1CCC(F)(F)CC1. The molecule has 5 heteroatoms. The lowest BCUT2D eigenvalue weighted by Gasteiger charge is -2.39. The second-order valence-electron chi connectivity index (χ2n) is 4.21. The van der Waals surface area contributed by atoms with Gasteiger partial charge in [0.25, 0.3) is 5.92 Å².